The molecule has 1 aromatic heterocycles. The number of carbonyl (C=O) groups excluding carboxylic acids is 1. The van der Waals surface area contributed by atoms with Gasteiger partial charge in [-0.3, -0.25) is 4.79 Å². The van der Waals surface area contributed by atoms with Crippen molar-refractivity contribution in [1.29, 1.82) is 0 Å². The number of amides is 1. The molecular formula is C13H12FNO3. The third kappa shape index (κ3) is 2.56. The van der Waals surface area contributed by atoms with Crippen molar-refractivity contribution in [3.8, 4) is 0 Å². The lowest BCUT2D eigenvalue weighted by atomic mass is 10.1. The van der Waals surface area contributed by atoms with Gasteiger partial charge in [0.15, 0.2) is 0 Å². The Labute approximate surface area is 102 Å². The van der Waals surface area contributed by atoms with Gasteiger partial charge in [-0.15, -0.1) is 0 Å². The Kier molecular flexibility index (Phi) is 3.41. The topological polar surface area (TPSA) is 59.3 Å². The van der Waals surface area contributed by atoms with Crippen molar-refractivity contribution in [2.45, 2.75) is 19.9 Å². The second-order valence-corrected chi connectivity index (χ2v) is 3.86. The molecule has 1 heterocycles. The predicted molar refractivity (Wildman–Crippen MR) is 64.6 cm³/mol. The first-order valence-electron chi connectivity index (χ1n) is 5.59. The van der Waals surface area contributed by atoms with Gasteiger partial charge < -0.3 is 9.73 Å². The highest BCUT2D eigenvalue weighted by Crippen LogP contribution is 2.17. The van der Waals surface area contributed by atoms with E-state index in [0.29, 0.717) is 17.4 Å². The molecule has 5 heteroatoms. The molecule has 0 spiro atoms. The van der Waals surface area contributed by atoms with E-state index in [2.05, 4.69) is 5.32 Å². The van der Waals surface area contributed by atoms with Crippen LogP contribution in [0.3, 0.4) is 0 Å². The fourth-order valence-electron chi connectivity index (χ4n) is 1.67. The van der Waals surface area contributed by atoms with Crippen LogP contribution in [0.15, 0.2) is 33.5 Å². The third-order valence-electron chi connectivity index (χ3n) is 2.59. The first-order chi connectivity index (χ1) is 8.60. The van der Waals surface area contributed by atoms with Crippen LogP contribution in [0.4, 0.5) is 4.39 Å². The van der Waals surface area contributed by atoms with Crippen LogP contribution >= 0.6 is 0 Å². The van der Waals surface area contributed by atoms with E-state index in [1.165, 1.54) is 18.2 Å². The highest BCUT2D eigenvalue weighted by molar-refractivity contribution is 5.81. The zero-order valence-corrected chi connectivity index (χ0v) is 9.83. The summed E-state index contributed by atoms with van der Waals surface area (Å²) in [6, 6.07) is 5.27. The number of halogens is 1. The minimum atomic E-state index is -0.561. The van der Waals surface area contributed by atoms with E-state index >= 15 is 0 Å². The highest BCUT2D eigenvalue weighted by Gasteiger charge is 2.07. The fraction of sp³-hybridized carbons (Fsp3) is 0.231. The van der Waals surface area contributed by atoms with Gasteiger partial charge in [0.05, 0.1) is 0 Å². The first-order valence-corrected chi connectivity index (χ1v) is 5.59. The molecule has 0 radical (unpaired) electrons. The maximum atomic E-state index is 13.0. The van der Waals surface area contributed by atoms with Crippen molar-refractivity contribution in [2.75, 3.05) is 0 Å². The Bertz CT molecular complexity index is 648. The molecular weight excluding hydrogens is 237 g/mol. The van der Waals surface area contributed by atoms with E-state index in [9.17, 15) is 14.0 Å². The monoisotopic (exact) mass is 249 g/mol. The quantitative estimate of drug-likeness (QED) is 0.846. The number of carbonyl (C=O) groups is 1. The molecule has 1 N–H and O–H groups in total. The van der Waals surface area contributed by atoms with Crippen LogP contribution < -0.4 is 10.9 Å². The van der Waals surface area contributed by atoms with Gasteiger partial charge in [0.25, 0.3) is 0 Å². The van der Waals surface area contributed by atoms with E-state index in [1.807, 2.05) is 0 Å². The van der Waals surface area contributed by atoms with Gasteiger partial charge in [-0.25, -0.2) is 9.18 Å². The summed E-state index contributed by atoms with van der Waals surface area (Å²) in [6.45, 7) is 1.96. The van der Waals surface area contributed by atoms with Gasteiger partial charge in [0.2, 0.25) is 5.91 Å². The number of rotatable bonds is 3. The summed E-state index contributed by atoms with van der Waals surface area (Å²) < 4.78 is 17.9. The van der Waals surface area contributed by atoms with Gasteiger partial charge in [0, 0.05) is 30.5 Å². The van der Waals surface area contributed by atoms with E-state index in [-0.39, 0.29) is 18.0 Å². The predicted octanol–water partition coefficient (Wildman–Crippen LogP) is 1.96. The lowest BCUT2D eigenvalue weighted by molar-refractivity contribution is -0.120. The zero-order valence-electron chi connectivity index (χ0n) is 9.83. The first kappa shape index (κ1) is 12.3. The molecule has 4 nitrogen and oxygen atoms in total. The van der Waals surface area contributed by atoms with E-state index in [1.54, 1.807) is 6.92 Å². The van der Waals surface area contributed by atoms with Gasteiger partial charge in [0.1, 0.15) is 11.4 Å². The van der Waals surface area contributed by atoms with E-state index in [0.717, 1.165) is 6.07 Å². The van der Waals surface area contributed by atoms with Crippen molar-refractivity contribution in [1.82, 2.24) is 5.32 Å². The number of hydrogen-bond acceptors (Lipinski definition) is 3. The maximum Gasteiger partial charge on any atom is 0.336 e. The number of benzene rings is 1. The average molecular weight is 249 g/mol. The molecule has 18 heavy (non-hydrogen) atoms. The largest absolute Gasteiger partial charge is 0.423 e. The van der Waals surface area contributed by atoms with Crippen LogP contribution in [-0.2, 0) is 11.3 Å². The Morgan fingerprint density at radius 1 is 1.39 bits per heavy atom. The summed E-state index contributed by atoms with van der Waals surface area (Å²) in [5, 5.41) is 3.29. The van der Waals surface area contributed by atoms with Gasteiger partial charge in [-0.2, -0.15) is 0 Å². The van der Waals surface area contributed by atoms with E-state index in [4.69, 9.17) is 4.42 Å². The normalized spacial score (nSPS) is 10.6. The molecule has 0 saturated heterocycles. The summed E-state index contributed by atoms with van der Waals surface area (Å²) in [6.07, 6.45) is 0.369. The van der Waals surface area contributed by atoms with Crippen molar-refractivity contribution < 1.29 is 13.6 Å². The summed E-state index contributed by atoms with van der Waals surface area (Å²) in [5.74, 6) is -0.584. The minimum absolute atomic E-state index is 0.112. The summed E-state index contributed by atoms with van der Waals surface area (Å²) >= 11 is 0. The fourth-order valence-corrected chi connectivity index (χ4v) is 1.67. The van der Waals surface area contributed by atoms with Crippen LogP contribution in [0.25, 0.3) is 11.0 Å². The summed E-state index contributed by atoms with van der Waals surface area (Å²) in [5.41, 5.74) is 0.236. The summed E-state index contributed by atoms with van der Waals surface area (Å²) in [4.78, 5) is 22.5. The van der Waals surface area contributed by atoms with Crippen molar-refractivity contribution in [3.63, 3.8) is 0 Å². The summed E-state index contributed by atoms with van der Waals surface area (Å²) in [7, 11) is 0. The van der Waals surface area contributed by atoms with Crippen molar-refractivity contribution in [3.05, 3.63) is 46.1 Å². The average Bonchev–Trinajstić information content (AvgIpc) is 2.34. The Balaban J connectivity index is 2.43. The molecule has 0 unspecified atom stereocenters. The molecule has 0 atom stereocenters. The smallest absolute Gasteiger partial charge is 0.336 e. The lowest BCUT2D eigenvalue weighted by Gasteiger charge is -2.06. The van der Waals surface area contributed by atoms with Crippen molar-refractivity contribution >= 4 is 16.9 Å². The molecule has 1 aromatic carbocycles. The Morgan fingerprint density at radius 3 is 2.89 bits per heavy atom. The van der Waals surface area contributed by atoms with E-state index < -0.39 is 11.4 Å². The van der Waals surface area contributed by atoms with Crippen LogP contribution in [0.5, 0.6) is 0 Å². The number of fused-ring (bicyclic) bond motifs is 1. The number of hydrogen-bond donors (Lipinski definition) is 1. The Morgan fingerprint density at radius 2 is 2.17 bits per heavy atom. The molecule has 2 rings (SSSR count). The molecule has 1 amide bonds. The van der Waals surface area contributed by atoms with Crippen LogP contribution in [-0.4, -0.2) is 5.91 Å². The van der Waals surface area contributed by atoms with Gasteiger partial charge >= 0.3 is 5.63 Å². The van der Waals surface area contributed by atoms with Crippen LogP contribution in [0.2, 0.25) is 0 Å². The van der Waals surface area contributed by atoms with Crippen LogP contribution in [0, 0.1) is 5.82 Å². The zero-order chi connectivity index (χ0) is 13.1. The maximum absolute atomic E-state index is 13.0. The molecule has 0 fully saturated rings. The second kappa shape index (κ2) is 5.00. The standard InChI is InChI=1S/C13H12FNO3/c1-2-12(16)15-7-8-5-13(17)18-11-6-9(14)3-4-10(8)11/h3-6H,2,7H2,1H3,(H,15,16). The van der Waals surface area contributed by atoms with Crippen LogP contribution in [0.1, 0.15) is 18.9 Å². The molecule has 0 saturated carbocycles. The van der Waals surface area contributed by atoms with Gasteiger partial charge in [-0.05, 0) is 17.7 Å². The Hall–Kier alpha value is -2.17. The van der Waals surface area contributed by atoms with Crippen molar-refractivity contribution in [2.24, 2.45) is 0 Å². The molecule has 0 aliphatic carbocycles. The SMILES string of the molecule is CCC(=O)NCc1cc(=O)oc2cc(F)ccc12. The minimum Gasteiger partial charge on any atom is -0.423 e. The molecule has 0 bridgehead atoms. The molecule has 2 aromatic rings. The second-order valence-electron chi connectivity index (χ2n) is 3.86. The molecule has 0 aliphatic rings. The third-order valence-corrected chi connectivity index (χ3v) is 2.59. The number of nitrogens with one attached hydrogen (secondary N) is 1. The molecule has 94 valence electrons. The lowest BCUT2D eigenvalue weighted by Crippen LogP contribution is -2.22. The highest BCUT2D eigenvalue weighted by atomic mass is 19.1. The molecule has 0 aliphatic heterocycles. The van der Waals surface area contributed by atoms with Gasteiger partial charge in [-0.1, -0.05) is 6.92 Å².